The van der Waals surface area contributed by atoms with E-state index in [0.717, 1.165) is 18.4 Å². The summed E-state index contributed by atoms with van der Waals surface area (Å²) < 4.78 is 13.0. The third-order valence-electron chi connectivity index (χ3n) is 5.57. The molecule has 2 amide bonds. The van der Waals surface area contributed by atoms with E-state index in [0.29, 0.717) is 37.5 Å². The zero-order valence-corrected chi connectivity index (χ0v) is 16.2. The van der Waals surface area contributed by atoms with Crippen LogP contribution >= 0.6 is 0 Å². The second-order valence-corrected chi connectivity index (χ2v) is 7.44. The van der Waals surface area contributed by atoms with E-state index in [1.54, 1.807) is 12.1 Å². The van der Waals surface area contributed by atoms with Gasteiger partial charge in [0.2, 0.25) is 5.91 Å². The number of piperidine rings is 1. The van der Waals surface area contributed by atoms with E-state index >= 15 is 0 Å². The van der Waals surface area contributed by atoms with Crippen molar-refractivity contribution < 1.29 is 14.0 Å². The van der Waals surface area contributed by atoms with E-state index in [1.165, 1.54) is 12.1 Å². The summed E-state index contributed by atoms with van der Waals surface area (Å²) in [6.07, 6.45) is 2.24. The predicted molar refractivity (Wildman–Crippen MR) is 107 cm³/mol. The largest absolute Gasteiger partial charge is 0.352 e. The third-order valence-corrected chi connectivity index (χ3v) is 5.57. The molecule has 0 bridgehead atoms. The van der Waals surface area contributed by atoms with Crippen LogP contribution in [0.25, 0.3) is 0 Å². The Morgan fingerprint density at radius 2 is 1.79 bits per heavy atom. The van der Waals surface area contributed by atoms with Crippen LogP contribution in [0.4, 0.5) is 4.39 Å². The van der Waals surface area contributed by atoms with Crippen LogP contribution in [-0.2, 0) is 11.3 Å². The van der Waals surface area contributed by atoms with E-state index in [-0.39, 0.29) is 23.5 Å². The Hall–Kier alpha value is -2.69. The van der Waals surface area contributed by atoms with Crippen molar-refractivity contribution >= 4 is 11.8 Å². The highest BCUT2D eigenvalue weighted by Gasteiger charge is 2.31. The topological polar surface area (TPSA) is 49.4 Å². The number of likely N-dealkylation sites (tertiary alicyclic amines) is 1. The summed E-state index contributed by atoms with van der Waals surface area (Å²) >= 11 is 0. The first kappa shape index (κ1) is 20.1. The van der Waals surface area contributed by atoms with Crippen LogP contribution in [0.5, 0.6) is 0 Å². The molecule has 5 heteroatoms. The molecule has 148 valence electrons. The van der Waals surface area contributed by atoms with Gasteiger partial charge in [0.15, 0.2) is 0 Å². The second-order valence-electron chi connectivity index (χ2n) is 7.44. The van der Waals surface area contributed by atoms with Crippen molar-refractivity contribution in [1.82, 2.24) is 10.2 Å². The van der Waals surface area contributed by atoms with Crippen LogP contribution in [0.1, 0.15) is 42.1 Å². The molecule has 1 fully saturated rings. The Kier molecular flexibility index (Phi) is 6.80. The van der Waals surface area contributed by atoms with Gasteiger partial charge in [-0.15, -0.1) is 0 Å². The molecular formula is C23H27FN2O2. The van der Waals surface area contributed by atoms with Crippen molar-refractivity contribution in [2.45, 2.75) is 32.7 Å². The quantitative estimate of drug-likeness (QED) is 0.820. The van der Waals surface area contributed by atoms with Crippen LogP contribution in [0, 0.1) is 17.7 Å². The molecule has 0 aromatic heterocycles. The third kappa shape index (κ3) is 5.18. The maximum Gasteiger partial charge on any atom is 0.253 e. The summed E-state index contributed by atoms with van der Waals surface area (Å²) in [5.41, 5.74) is 1.60. The van der Waals surface area contributed by atoms with Gasteiger partial charge in [-0.3, -0.25) is 9.59 Å². The average molecular weight is 382 g/mol. The number of carbonyl (C=O) groups is 2. The highest BCUT2D eigenvalue weighted by Crippen LogP contribution is 2.29. The molecule has 0 radical (unpaired) electrons. The van der Waals surface area contributed by atoms with E-state index in [2.05, 4.69) is 12.2 Å². The first-order valence-electron chi connectivity index (χ1n) is 9.92. The minimum Gasteiger partial charge on any atom is -0.352 e. The predicted octanol–water partition coefficient (Wildman–Crippen LogP) is 4.02. The fourth-order valence-electron chi connectivity index (χ4n) is 3.87. The fourth-order valence-corrected chi connectivity index (χ4v) is 3.87. The molecule has 1 aliphatic rings. The van der Waals surface area contributed by atoms with Crippen molar-refractivity contribution in [2.24, 2.45) is 11.8 Å². The Labute approximate surface area is 165 Å². The second kappa shape index (κ2) is 9.49. The minimum absolute atomic E-state index is 0.00982. The summed E-state index contributed by atoms with van der Waals surface area (Å²) in [7, 11) is 0. The summed E-state index contributed by atoms with van der Waals surface area (Å²) in [6.45, 7) is 3.89. The van der Waals surface area contributed by atoms with E-state index in [1.807, 2.05) is 35.2 Å². The van der Waals surface area contributed by atoms with Crippen molar-refractivity contribution in [3.05, 3.63) is 71.5 Å². The van der Waals surface area contributed by atoms with E-state index < -0.39 is 0 Å². The lowest BCUT2D eigenvalue weighted by Gasteiger charge is -2.38. The minimum atomic E-state index is -0.280. The SMILES string of the molecule is CC[C@H]1CN(C(=O)c2ccccc2)CC[C@H]1CC(=O)NCc1ccc(F)cc1. The van der Waals surface area contributed by atoms with Crippen molar-refractivity contribution in [1.29, 1.82) is 0 Å². The molecule has 2 aromatic carbocycles. The lowest BCUT2D eigenvalue weighted by atomic mass is 9.81. The molecule has 4 nitrogen and oxygen atoms in total. The van der Waals surface area contributed by atoms with Gasteiger partial charge in [0.1, 0.15) is 5.82 Å². The van der Waals surface area contributed by atoms with E-state index in [4.69, 9.17) is 0 Å². The van der Waals surface area contributed by atoms with Gasteiger partial charge < -0.3 is 10.2 Å². The van der Waals surface area contributed by atoms with Crippen molar-refractivity contribution in [3.63, 3.8) is 0 Å². The Morgan fingerprint density at radius 3 is 2.46 bits per heavy atom. The van der Waals surface area contributed by atoms with Crippen LogP contribution in [0.2, 0.25) is 0 Å². The van der Waals surface area contributed by atoms with Gasteiger partial charge in [-0.25, -0.2) is 4.39 Å². The van der Waals surface area contributed by atoms with Gasteiger partial charge in [-0.05, 0) is 48.1 Å². The van der Waals surface area contributed by atoms with Crippen LogP contribution in [0.15, 0.2) is 54.6 Å². The number of hydrogen-bond donors (Lipinski definition) is 1. The number of rotatable bonds is 6. The zero-order chi connectivity index (χ0) is 19.9. The molecule has 2 aromatic rings. The molecule has 1 N–H and O–H groups in total. The Bertz CT molecular complexity index is 792. The maximum atomic E-state index is 13.0. The molecule has 1 saturated heterocycles. The van der Waals surface area contributed by atoms with Gasteiger partial charge in [-0.1, -0.05) is 43.7 Å². The molecule has 1 heterocycles. The van der Waals surface area contributed by atoms with Crippen LogP contribution < -0.4 is 5.32 Å². The molecule has 0 saturated carbocycles. The van der Waals surface area contributed by atoms with Crippen molar-refractivity contribution in [2.75, 3.05) is 13.1 Å². The lowest BCUT2D eigenvalue weighted by molar-refractivity contribution is -0.123. The van der Waals surface area contributed by atoms with Gasteiger partial charge in [-0.2, -0.15) is 0 Å². The standard InChI is InChI=1S/C23H27FN2O2/c1-2-18-16-26(23(28)19-6-4-3-5-7-19)13-12-20(18)14-22(27)25-15-17-8-10-21(24)11-9-17/h3-11,18,20H,2,12-16H2,1H3,(H,25,27)/t18-,20-/m0/s1. The van der Waals surface area contributed by atoms with Gasteiger partial charge in [0.05, 0.1) is 0 Å². The first-order chi connectivity index (χ1) is 13.6. The number of amides is 2. The maximum absolute atomic E-state index is 13.0. The molecule has 2 atom stereocenters. The first-order valence-corrected chi connectivity index (χ1v) is 9.92. The molecule has 3 rings (SSSR count). The molecular weight excluding hydrogens is 355 g/mol. The molecule has 1 aliphatic heterocycles. The number of halogens is 1. The zero-order valence-electron chi connectivity index (χ0n) is 16.2. The summed E-state index contributed by atoms with van der Waals surface area (Å²) in [5.74, 6) is 0.391. The highest BCUT2D eigenvalue weighted by atomic mass is 19.1. The average Bonchev–Trinajstić information content (AvgIpc) is 2.73. The fraction of sp³-hybridized carbons (Fsp3) is 0.391. The monoisotopic (exact) mass is 382 g/mol. The number of benzene rings is 2. The van der Waals surface area contributed by atoms with Crippen molar-refractivity contribution in [3.8, 4) is 0 Å². The van der Waals surface area contributed by atoms with Crippen LogP contribution in [-0.4, -0.2) is 29.8 Å². The number of nitrogens with one attached hydrogen (secondary N) is 1. The smallest absolute Gasteiger partial charge is 0.253 e. The van der Waals surface area contributed by atoms with Crippen LogP contribution in [0.3, 0.4) is 0 Å². The highest BCUT2D eigenvalue weighted by molar-refractivity contribution is 5.94. The summed E-state index contributed by atoms with van der Waals surface area (Å²) in [6, 6.07) is 15.5. The van der Waals surface area contributed by atoms with Gasteiger partial charge >= 0.3 is 0 Å². The summed E-state index contributed by atoms with van der Waals surface area (Å²) in [5, 5.41) is 2.93. The lowest BCUT2D eigenvalue weighted by Crippen LogP contribution is -2.44. The molecule has 0 aliphatic carbocycles. The number of hydrogen-bond acceptors (Lipinski definition) is 2. The molecule has 28 heavy (non-hydrogen) atoms. The Morgan fingerprint density at radius 1 is 1.07 bits per heavy atom. The molecule has 0 spiro atoms. The normalized spacial score (nSPS) is 19.3. The van der Waals surface area contributed by atoms with Gasteiger partial charge in [0.25, 0.3) is 5.91 Å². The summed E-state index contributed by atoms with van der Waals surface area (Å²) in [4.78, 5) is 27.0. The van der Waals surface area contributed by atoms with E-state index in [9.17, 15) is 14.0 Å². The van der Waals surface area contributed by atoms with Gasteiger partial charge in [0, 0.05) is 31.6 Å². The number of carbonyl (C=O) groups excluding carboxylic acids is 2. The number of nitrogens with zero attached hydrogens (tertiary/aromatic N) is 1. The molecule has 0 unspecified atom stereocenters. The Balaban J connectivity index is 1.51.